The van der Waals surface area contributed by atoms with E-state index in [2.05, 4.69) is 15.9 Å². The number of carbonyl (C=O) groups excluding carboxylic acids is 1. The second-order valence-electron chi connectivity index (χ2n) is 4.45. The number of aliphatic hydroxyl groups is 2. The van der Waals surface area contributed by atoms with Gasteiger partial charge in [-0.15, -0.1) is 0 Å². The zero-order chi connectivity index (χ0) is 14.5. The third-order valence-electron chi connectivity index (χ3n) is 3.08. The summed E-state index contributed by atoms with van der Waals surface area (Å²) >= 11 is 3.41. The predicted octanol–water partition coefficient (Wildman–Crippen LogP) is 2.03. The molecule has 0 radical (unpaired) electrons. The zero-order valence-corrected chi connectivity index (χ0v) is 12.5. The molecule has 2 aromatic carbocycles. The number of benzene rings is 2. The van der Waals surface area contributed by atoms with Crippen molar-refractivity contribution in [3.63, 3.8) is 0 Å². The average molecular weight is 338 g/mol. The van der Waals surface area contributed by atoms with E-state index >= 15 is 0 Å². The molecule has 0 aliphatic rings. The lowest BCUT2D eigenvalue weighted by molar-refractivity contribution is 0.0685. The van der Waals surface area contributed by atoms with Gasteiger partial charge in [0.05, 0.1) is 13.2 Å². The first kappa shape index (κ1) is 15.0. The Morgan fingerprint density at radius 2 is 1.60 bits per heavy atom. The Labute approximate surface area is 125 Å². The van der Waals surface area contributed by atoms with Gasteiger partial charge in [0.1, 0.15) is 0 Å². The number of rotatable bonds is 5. The molecule has 2 rings (SSSR count). The number of halogens is 1. The fourth-order valence-electron chi connectivity index (χ4n) is 2.09. The quantitative estimate of drug-likeness (QED) is 0.877. The summed E-state index contributed by atoms with van der Waals surface area (Å²) in [7, 11) is 0. The minimum absolute atomic E-state index is 0.119. The van der Waals surface area contributed by atoms with E-state index in [0.717, 1.165) is 15.2 Å². The number of nitrogens with zero attached hydrogens (tertiary/aromatic N) is 1. The van der Waals surface area contributed by atoms with Gasteiger partial charge < -0.3 is 15.1 Å². The number of fused-ring (bicyclic) bond motifs is 1. The highest BCUT2D eigenvalue weighted by molar-refractivity contribution is 9.10. The fourth-order valence-corrected chi connectivity index (χ4v) is 2.47. The van der Waals surface area contributed by atoms with Crippen LogP contribution in [0, 0.1) is 0 Å². The molecule has 0 aromatic heterocycles. The van der Waals surface area contributed by atoms with Gasteiger partial charge in [0.2, 0.25) is 0 Å². The molecule has 0 saturated heterocycles. The van der Waals surface area contributed by atoms with Gasteiger partial charge >= 0.3 is 0 Å². The first-order valence-corrected chi connectivity index (χ1v) is 7.15. The number of amides is 1. The normalized spacial score (nSPS) is 10.8. The molecule has 4 nitrogen and oxygen atoms in total. The largest absolute Gasteiger partial charge is 0.395 e. The summed E-state index contributed by atoms with van der Waals surface area (Å²) in [5.41, 5.74) is 0.557. The van der Waals surface area contributed by atoms with Crippen LogP contribution < -0.4 is 0 Å². The minimum Gasteiger partial charge on any atom is -0.395 e. The lowest BCUT2D eigenvalue weighted by Gasteiger charge is -2.20. The van der Waals surface area contributed by atoms with Crippen LogP contribution in [0.25, 0.3) is 10.8 Å². The molecule has 0 heterocycles. The molecular formula is C15H16BrNO3. The van der Waals surface area contributed by atoms with Crippen LogP contribution in [-0.4, -0.2) is 47.3 Å². The molecule has 0 aliphatic heterocycles. The van der Waals surface area contributed by atoms with Gasteiger partial charge in [0, 0.05) is 23.1 Å². The molecule has 0 unspecified atom stereocenters. The Morgan fingerprint density at radius 1 is 1.00 bits per heavy atom. The molecule has 1 amide bonds. The number of hydrogen-bond acceptors (Lipinski definition) is 3. The maximum Gasteiger partial charge on any atom is 0.254 e. The number of aliphatic hydroxyl groups excluding tert-OH is 2. The van der Waals surface area contributed by atoms with Crippen LogP contribution in [0.1, 0.15) is 10.4 Å². The third kappa shape index (κ3) is 3.36. The van der Waals surface area contributed by atoms with Crippen molar-refractivity contribution in [3.05, 3.63) is 46.4 Å². The lowest BCUT2D eigenvalue weighted by atomic mass is 10.1. The summed E-state index contributed by atoms with van der Waals surface area (Å²) in [6.45, 7) is 0.202. The molecule has 0 aliphatic carbocycles. The van der Waals surface area contributed by atoms with E-state index in [0.29, 0.717) is 5.56 Å². The van der Waals surface area contributed by atoms with Crippen molar-refractivity contribution in [1.82, 2.24) is 4.90 Å². The van der Waals surface area contributed by atoms with Crippen LogP contribution in [-0.2, 0) is 0 Å². The van der Waals surface area contributed by atoms with Crippen LogP contribution in [0.3, 0.4) is 0 Å². The Hall–Kier alpha value is -1.43. The summed E-state index contributed by atoms with van der Waals surface area (Å²) in [6, 6.07) is 11.3. The van der Waals surface area contributed by atoms with Crippen molar-refractivity contribution in [3.8, 4) is 0 Å². The molecule has 5 heteroatoms. The predicted molar refractivity (Wildman–Crippen MR) is 81.7 cm³/mol. The maximum atomic E-state index is 12.3. The molecule has 0 atom stereocenters. The summed E-state index contributed by atoms with van der Waals surface area (Å²) < 4.78 is 0.992. The first-order valence-electron chi connectivity index (χ1n) is 6.36. The molecule has 0 bridgehead atoms. The van der Waals surface area contributed by atoms with E-state index in [4.69, 9.17) is 10.2 Å². The molecule has 106 valence electrons. The van der Waals surface area contributed by atoms with Crippen molar-refractivity contribution < 1.29 is 15.0 Å². The van der Waals surface area contributed by atoms with Gasteiger partial charge in [-0.05, 0) is 35.0 Å². The second kappa shape index (κ2) is 6.83. The number of hydrogen-bond donors (Lipinski definition) is 2. The minimum atomic E-state index is -0.182. The number of carbonyl (C=O) groups is 1. The Kier molecular flexibility index (Phi) is 5.11. The van der Waals surface area contributed by atoms with Gasteiger partial charge in [-0.25, -0.2) is 0 Å². The van der Waals surface area contributed by atoms with Crippen LogP contribution in [0.4, 0.5) is 0 Å². The monoisotopic (exact) mass is 337 g/mol. The van der Waals surface area contributed by atoms with Crippen molar-refractivity contribution >= 4 is 32.6 Å². The standard InChI is InChI=1S/C15H16BrNO3/c16-14-4-3-11-9-13(2-1-12(11)10-14)15(20)17(5-7-18)6-8-19/h1-4,9-10,18-19H,5-8H2. The molecule has 0 spiro atoms. The van der Waals surface area contributed by atoms with Gasteiger partial charge in [-0.2, -0.15) is 0 Å². The van der Waals surface area contributed by atoms with E-state index in [1.807, 2.05) is 30.3 Å². The van der Waals surface area contributed by atoms with E-state index in [9.17, 15) is 4.79 Å². The van der Waals surface area contributed by atoms with Crippen LogP contribution in [0.5, 0.6) is 0 Å². The van der Waals surface area contributed by atoms with Gasteiger partial charge in [0.15, 0.2) is 0 Å². The van der Waals surface area contributed by atoms with Crippen molar-refractivity contribution in [2.45, 2.75) is 0 Å². The third-order valence-corrected chi connectivity index (χ3v) is 3.57. The molecule has 0 fully saturated rings. The molecule has 2 aromatic rings. The topological polar surface area (TPSA) is 60.8 Å². The van der Waals surface area contributed by atoms with Crippen LogP contribution >= 0.6 is 15.9 Å². The van der Waals surface area contributed by atoms with Crippen molar-refractivity contribution in [1.29, 1.82) is 0 Å². The Morgan fingerprint density at radius 3 is 2.25 bits per heavy atom. The van der Waals surface area contributed by atoms with Crippen LogP contribution in [0.2, 0.25) is 0 Å². The Balaban J connectivity index is 2.31. The molecular weight excluding hydrogens is 322 g/mol. The SMILES string of the molecule is O=C(c1ccc2cc(Br)ccc2c1)N(CCO)CCO. The summed E-state index contributed by atoms with van der Waals surface area (Å²) in [6.07, 6.45) is 0. The first-order chi connectivity index (χ1) is 9.65. The second-order valence-corrected chi connectivity index (χ2v) is 5.36. The van der Waals surface area contributed by atoms with Crippen molar-refractivity contribution in [2.24, 2.45) is 0 Å². The highest BCUT2D eigenvalue weighted by Gasteiger charge is 2.15. The molecule has 0 saturated carbocycles. The van der Waals surface area contributed by atoms with Gasteiger partial charge in [0.25, 0.3) is 5.91 Å². The average Bonchev–Trinajstić information content (AvgIpc) is 2.45. The fraction of sp³-hybridized carbons (Fsp3) is 0.267. The summed E-state index contributed by atoms with van der Waals surface area (Å²) in [5.74, 6) is -0.182. The van der Waals surface area contributed by atoms with Crippen molar-refractivity contribution in [2.75, 3.05) is 26.3 Å². The zero-order valence-electron chi connectivity index (χ0n) is 10.9. The smallest absolute Gasteiger partial charge is 0.254 e. The highest BCUT2D eigenvalue weighted by atomic mass is 79.9. The molecule has 20 heavy (non-hydrogen) atoms. The Bertz CT molecular complexity index is 609. The highest BCUT2D eigenvalue weighted by Crippen LogP contribution is 2.21. The van der Waals surface area contributed by atoms with Crippen LogP contribution in [0.15, 0.2) is 40.9 Å². The van der Waals surface area contributed by atoms with Gasteiger partial charge in [-0.3, -0.25) is 4.79 Å². The molecule has 2 N–H and O–H groups in total. The van der Waals surface area contributed by atoms with Gasteiger partial charge in [-0.1, -0.05) is 28.1 Å². The van der Waals surface area contributed by atoms with E-state index in [1.165, 1.54) is 4.90 Å². The van der Waals surface area contributed by atoms with E-state index in [-0.39, 0.29) is 32.2 Å². The summed E-state index contributed by atoms with van der Waals surface area (Å²) in [4.78, 5) is 13.8. The maximum absolute atomic E-state index is 12.3. The van der Waals surface area contributed by atoms with E-state index < -0.39 is 0 Å². The van der Waals surface area contributed by atoms with E-state index in [1.54, 1.807) is 6.07 Å². The summed E-state index contributed by atoms with van der Waals surface area (Å²) in [5, 5.41) is 20.0. The lowest BCUT2D eigenvalue weighted by Crippen LogP contribution is -2.35.